The van der Waals surface area contributed by atoms with E-state index in [0.29, 0.717) is 11.8 Å². The van der Waals surface area contributed by atoms with Crippen LogP contribution in [-0.2, 0) is 5.41 Å². The molecule has 2 aliphatic rings. The lowest BCUT2D eigenvalue weighted by Crippen LogP contribution is -2.54. The number of hydrogen-bond acceptors (Lipinski definition) is 2. The molecule has 22 heavy (non-hydrogen) atoms. The third-order valence-corrected chi connectivity index (χ3v) is 6.64. The van der Waals surface area contributed by atoms with Gasteiger partial charge in [0.2, 0.25) is 0 Å². The molecule has 4 atom stereocenters. The fourth-order valence-electron chi connectivity index (χ4n) is 5.01. The summed E-state index contributed by atoms with van der Waals surface area (Å²) < 4.78 is 0. The number of fused-ring (bicyclic) bond motifs is 3. The second-order valence-electron chi connectivity index (χ2n) is 8.60. The Morgan fingerprint density at radius 3 is 2.45 bits per heavy atom. The van der Waals surface area contributed by atoms with Crippen LogP contribution in [-0.4, -0.2) is 16.3 Å². The first-order valence-electron chi connectivity index (χ1n) is 8.68. The number of benzene rings is 1. The minimum absolute atomic E-state index is 0.0623. The summed E-state index contributed by atoms with van der Waals surface area (Å²) in [4.78, 5) is 0. The second kappa shape index (κ2) is 5.07. The average molecular weight is 302 g/mol. The SMILES string of the molecule is CC(C)c1ccc2c(c1)C(O)CC1C2(C)CCC(O)C1(C)C. The van der Waals surface area contributed by atoms with E-state index in [1.807, 2.05) is 0 Å². The van der Waals surface area contributed by atoms with Gasteiger partial charge in [0.15, 0.2) is 0 Å². The molecule has 1 aromatic carbocycles. The van der Waals surface area contributed by atoms with Gasteiger partial charge in [-0.25, -0.2) is 0 Å². The monoisotopic (exact) mass is 302 g/mol. The third kappa shape index (κ3) is 2.15. The maximum absolute atomic E-state index is 10.8. The Kier molecular flexibility index (Phi) is 3.69. The number of aliphatic hydroxyl groups is 2. The first-order chi connectivity index (χ1) is 10.2. The van der Waals surface area contributed by atoms with E-state index in [-0.39, 0.29) is 16.9 Å². The van der Waals surface area contributed by atoms with Gasteiger partial charge in [-0.05, 0) is 58.6 Å². The largest absolute Gasteiger partial charge is 0.393 e. The topological polar surface area (TPSA) is 40.5 Å². The molecule has 0 saturated heterocycles. The van der Waals surface area contributed by atoms with Gasteiger partial charge >= 0.3 is 0 Å². The third-order valence-electron chi connectivity index (χ3n) is 6.64. The molecule has 0 spiro atoms. The van der Waals surface area contributed by atoms with Crippen molar-refractivity contribution in [2.24, 2.45) is 11.3 Å². The van der Waals surface area contributed by atoms with Crippen LogP contribution in [0, 0.1) is 11.3 Å². The van der Waals surface area contributed by atoms with Gasteiger partial charge in [0.05, 0.1) is 12.2 Å². The number of rotatable bonds is 1. The van der Waals surface area contributed by atoms with Gasteiger partial charge in [0.1, 0.15) is 0 Å². The highest BCUT2D eigenvalue weighted by molar-refractivity contribution is 5.43. The van der Waals surface area contributed by atoms with E-state index in [0.717, 1.165) is 24.8 Å². The Bertz CT molecular complexity index is 575. The quantitative estimate of drug-likeness (QED) is 0.812. The molecule has 122 valence electrons. The van der Waals surface area contributed by atoms with Gasteiger partial charge in [-0.1, -0.05) is 52.8 Å². The molecule has 0 bridgehead atoms. The summed E-state index contributed by atoms with van der Waals surface area (Å²) in [6, 6.07) is 6.68. The molecule has 0 aliphatic heterocycles. The van der Waals surface area contributed by atoms with Gasteiger partial charge in [0, 0.05) is 0 Å². The van der Waals surface area contributed by atoms with Crippen molar-refractivity contribution in [2.45, 2.75) is 77.4 Å². The minimum Gasteiger partial charge on any atom is -0.393 e. The van der Waals surface area contributed by atoms with Crippen LogP contribution in [0.4, 0.5) is 0 Å². The normalized spacial score (nSPS) is 36.8. The van der Waals surface area contributed by atoms with Crippen LogP contribution in [0.3, 0.4) is 0 Å². The van der Waals surface area contributed by atoms with Gasteiger partial charge in [0.25, 0.3) is 0 Å². The Hall–Kier alpha value is -0.860. The molecule has 0 heterocycles. The Balaban J connectivity index is 2.12. The number of aliphatic hydroxyl groups excluding tert-OH is 2. The molecule has 1 saturated carbocycles. The van der Waals surface area contributed by atoms with Crippen molar-refractivity contribution >= 4 is 0 Å². The summed E-state index contributed by atoms with van der Waals surface area (Å²) in [5.74, 6) is 0.795. The Labute approximate surface area is 134 Å². The lowest BCUT2D eigenvalue weighted by Gasteiger charge is -2.57. The molecule has 0 amide bonds. The van der Waals surface area contributed by atoms with Crippen LogP contribution in [0.1, 0.15) is 82.6 Å². The molecule has 4 unspecified atom stereocenters. The van der Waals surface area contributed by atoms with Gasteiger partial charge in [-0.3, -0.25) is 0 Å². The van der Waals surface area contributed by atoms with Gasteiger partial charge in [-0.2, -0.15) is 0 Å². The first kappa shape index (κ1) is 16.0. The fourth-order valence-corrected chi connectivity index (χ4v) is 5.01. The van der Waals surface area contributed by atoms with Crippen LogP contribution < -0.4 is 0 Å². The molecule has 1 fully saturated rings. The summed E-state index contributed by atoms with van der Waals surface area (Å²) in [5, 5.41) is 21.2. The van der Waals surface area contributed by atoms with Crippen LogP contribution in [0.2, 0.25) is 0 Å². The van der Waals surface area contributed by atoms with Crippen molar-refractivity contribution in [3.8, 4) is 0 Å². The van der Waals surface area contributed by atoms with Crippen LogP contribution in [0.25, 0.3) is 0 Å². The maximum Gasteiger partial charge on any atom is 0.0796 e. The smallest absolute Gasteiger partial charge is 0.0796 e. The minimum atomic E-state index is -0.406. The van der Waals surface area contributed by atoms with E-state index in [1.165, 1.54) is 11.1 Å². The molecular formula is C20H30O2. The van der Waals surface area contributed by atoms with Crippen molar-refractivity contribution in [1.82, 2.24) is 0 Å². The molecule has 1 aromatic rings. The second-order valence-corrected chi connectivity index (χ2v) is 8.60. The fraction of sp³-hybridized carbons (Fsp3) is 0.700. The summed E-state index contributed by atoms with van der Waals surface area (Å²) in [6.45, 7) is 11.1. The molecule has 2 aliphatic carbocycles. The summed E-state index contributed by atoms with van der Waals surface area (Å²) >= 11 is 0. The van der Waals surface area contributed by atoms with Crippen LogP contribution >= 0.6 is 0 Å². The van der Waals surface area contributed by atoms with E-state index < -0.39 is 6.10 Å². The van der Waals surface area contributed by atoms with Crippen LogP contribution in [0.5, 0.6) is 0 Å². The first-order valence-corrected chi connectivity index (χ1v) is 8.68. The van der Waals surface area contributed by atoms with Crippen molar-refractivity contribution in [1.29, 1.82) is 0 Å². The Morgan fingerprint density at radius 1 is 1.14 bits per heavy atom. The van der Waals surface area contributed by atoms with Crippen molar-refractivity contribution in [3.63, 3.8) is 0 Å². The highest BCUT2D eigenvalue weighted by Crippen LogP contribution is 2.59. The van der Waals surface area contributed by atoms with E-state index >= 15 is 0 Å². The van der Waals surface area contributed by atoms with E-state index in [4.69, 9.17) is 0 Å². The molecule has 2 nitrogen and oxygen atoms in total. The van der Waals surface area contributed by atoms with E-state index in [2.05, 4.69) is 52.8 Å². The van der Waals surface area contributed by atoms with E-state index in [9.17, 15) is 10.2 Å². The Morgan fingerprint density at radius 2 is 1.82 bits per heavy atom. The predicted molar refractivity (Wildman–Crippen MR) is 90.0 cm³/mol. The molecule has 0 aromatic heterocycles. The van der Waals surface area contributed by atoms with E-state index in [1.54, 1.807) is 0 Å². The summed E-state index contributed by atoms with van der Waals surface area (Å²) in [7, 11) is 0. The molecule has 2 N–H and O–H groups in total. The lowest BCUT2D eigenvalue weighted by molar-refractivity contribution is -0.0900. The van der Waals surface area contributed by atoms with Crippen molar-refractivity contribution in [2.75, 3.05) is 0 Å². The molecular weight excluding hydrogens is 272 g/mol. The van der Waals surface area contributed by atoms with Crippen LogP contribution in [0.15, 0.2) is 18.2 Å². The standard InChI is InChI=1S/C20H30O2/c1-12(2)13-6-7-15-14(10-13)16(21)11-17-19(3,4)18(22)8-9-20(15,17)5/h6-7,10,12,16-18,21-22H,8-9,11H2,1-5H3. The predicted octanol–water partition coefficient (Wildman–Crippen LogP) is 4.30. The van der Waals surface area contributed by atoms with Gasteiger partial charge < -0.3 is 10.2 Å². The highest BCUT2D eigenvalue weighted by atomic mass is 16.3. The number of hydrogen-bond donors (Lipinski definition) is 2. The summed E-state index contributed by atoms with van der Waals surface area (Å²) in [6.07, 6.45) is 1.94. The molecule has 2 heteroatoms. The van der Waals surface area contributed by atoms with Crippen molar-refractivity contribution in [3.05, 3.63) is 34.9 Å². The maximum atomic E-state index is 10.8. The molecule has 0 radical (unpaired) electrons. The molecule has 3 rings (SSSR count). The highest BCUT2D eigenvalue weighted by Gasteiger charge is 2.54. The average Bonchev–Trinajstić information content (AvgIpc) is 2.46. The zero-order valence-electron chi connectivity index (χ0n) is 14.6. The lowest BCUT2D eigenvalue weighted by atomic mass is 9.49. The summed E-state index contributed by atoms with van der Waals surface area (Å²) in [5.41, 5.74) is 3.64. The van der Waals surface area contributed by atoms with Gasteiger partial charge in [-0.15, -0.1) is 0 Å². The zero-order valence-corrected chi connectivity index (χ0v) is 14.6. The zero-order chi connectivity index (χ0) is 16.3. The van der Waals surface area contributed by atoms with Crippen molar-refractivity contribution < 1.29 is 10.2 Å².